The molecule has 0 unspecified atom stereocenters. The van der Waals surface area contributed by atoms with Crippen LogP contribution in [-0.4, -0.2) is 0 Å². The highest BCUT2D eigenvalue weighted by atomic mass is 14.4. The summed E-state index contributed by atoms with van der Waals surface area (Å²) in [5.41, 5.74) is 11.0. The number of hydrogen-bond acceptors (Lipinski definition) is 0. The third-order valence-corrected chi connectivity index (χ3v) is 8.01. The first kappa shape index (κ1) is 41.0. The Morgan fingerprint density at radius 3 is 0.980 bits per heavy atom. The van der Waals surface area contributed by atoms with Gasteiger partial charge in [-0.2, -0.15) is 0 Å². The van der Waals surface area contributed by atoms with Gasteiger partial charge in [-0.15, -0.1) is 0 Å². The Morgan fingerprint density at radius 1 is 0.333 bits per heavy atom. The fourth-order valence-electron chi connectivity index (χ4n) is 5.60. The van der Waals surface area contributed by atoms with Crippen LogP contribution in [-0.2, 0) is 10.8 Å². The third-order valence-electron chi connectivity index (χ3n) is 8.01. The molecule has 1 aliphatic carbocycles. The van der Waals surface area contributed by atoms with Crippen molar-refractivity contribution in [1.29, 1.82) is 0 Å². The minimum Gasteiger partial charge on any atom is -0.0622 e. The Kier molecular flexibility index (Phi) is 14.2. The van der Waals surface area contributed by atoms with Gasteiger partial charge in [-0.05, 0) is 66.0 Å². The second-order valence-corrected chi connectivity index (χ2v) is 18.3. The average Bonchev–Trinajstić information content (AvgIpc) is 3.30. The zero-order valence-corrected chi connectivity index (χ0v) is 33.9. The van der Waals surface area contributed by atoms with Crippen molar-refractivity contribution in [3.05, 3.63) is 168 Å². The molecule has 1 aliphatic rings. The van der Waals surface area contributed by atoms with Gasteiger partial charge in [0.2, 0.25) is 0 Å². The van der Waals surface area contributed by atoms with E-state index in [1.54, 1.807) is 0 Å². The molecular weight excluding hydrogens is 613 g/mol. The molecule has 6 aromatic rings. The molecule has 0 amide bonds. The highest BCUT2D eigenvalue weighted by molar-refractivity contribution is 5.82. The highest BCUT2D eigenvalue weighted by Crippen LogP contribution is 2.48. The van der Waals surface area contributed by atoms with Crippen LogP contribution in [0.4, 0.5) is 0 Å². The molecule has 7 rings (SSSR count). The maximum Gasteiger partial charge on any atom is 0.0158 e. The van der Waals surface area contributed by atoms with Gasteiger partial charge in [-0.3, -0.25) is 0 Å². The second-order valence-electron chi connectivity index (χ2n) is 18.3. The topological polar surface area (TPSA) is 0 Å². The van der Waals surface area contributed by atoms with Crippen LogP contribution in [0, 0.1) is 10.8 Å². The first-order valence-electron chi connectivity index (χ1n) is 18.5. The van der Waals surface area contributed by atoms with Crippen LogP contribution in [0.15, 0.2) is 152 Å². The summed E-state index contributed by atoms with van der Waals surface area (Å²) in [5, 5.41) is 2.62. The second kappa shape index (κ2) is 17.7. The van der Waals surface area contributed by atoms with Crippen LogP contribution in [0.2, 0.25) is 0 Å². The third kappa shape index (κ3) is 13.7. The predicted octanol–water partition coefficient (Wildman–Crippen LogP) is 15.6. The maximum atomic E-state index is 2.30. The van der Waals surface area contributed by atoms with E-state index in [-0.39, 0.29) is 10.8 Å². The summed E-state index contributed by atoms with van der Waals surface area (Å²) in [5.74, 6) is 0. The lowest BCUT2D eigenvalue weighted by Crippen LogP contribution is -2.14. The summed E-state index contributed by atoms with van der Waals surface area (Å²) in [7, 11) is 0. The standard InChI is InChI=1S/C16H18.C15H14.C10H8.2C5H12/c1-16(2,3)15-11-9-14(10-12-15)13-7-5-4-6-8-13;1-15(2)13-9-5-3-7-11(13)12-8-4-6-10-14(12)15;1-2-6-10-8-4-3-7-9(10)5-1;2*1-5(2,3)4/h4-12H,1-3H3;3-10H,1-2H3;1-8H;2*1-4H3. The van der Waals surface area contributed by atoms with Gasteiger partial charge in [-0.25, -0.2) is 0 Å². The van der Waals surface area contributed by atoms with Crippen molar-refractivity contribution in [3.8, 4) is 22.3 Å². The Labute approximate surface area is 312 Å². The summed E-state index contributed by atoms with van der Waals surface area (Å²) in [6, 6.07) is 53.5. The molecule has 0 atom stereocenters. The Bertz CT molecular complexity index is 1760. The Hall–Kier alpha value is -4.42. The van der Waals surface area contributed by atoms with E-state index in [1.165, 1.54) is 49.7 Å². The molecule has 6 aromatic carbocycles. The summed E-state index contributed by atoms with van der Waals surface area (Å²) >= 11 is 0. The molecule has 0 fully saturated rings. The molecule has 0 nitrogen and oxygen atoms in total. The molecule has 0 heterocycles. The predicted molar refractivity (Wildman–Crippen MR) is 229 cm³/mol. The molecule has 51 heavy (non-hydrogen) atoms. The van der Waals surface area contributed by atoms with Crippen LogP contribution >= 0.6 is 0 Å². The van der Waals surface area contributed by atoms with Crippen molar-refractivity contribution in [1.82, 2.24) is 0 Å². The minimum atomic E-state index is 0.160. The van der Waals surface area contributed by atoms with E-state index in [2.05, 4.69) is 236 Å². The van der Waals surface area contributed by atoms with Crippen molar-refractivity contribution in [2.75, 3.05) is 0 Å². The van der Waals surface area contributed by atoms with E-state index in [0.717, 1.165) is 0 Å². The van der Waals surface area contributed by atoms with Crippen LogP contribution in [0.3, 0.4) is 0 Å². The van der Waals surface area contributed by atoms with Gasteiger partial charge >= 0.3 is 0 Å². The van der Waals surface area contributed by atoms with E-state index in [0.29, 0.717) is 10.8 Å². The molecule has 0 N–H and O–H groups in total. The van der Waals surface area contributed by atoms with Crippen molar-refractivity contribution < 1.29 is 0 Å². The van der Waals surface area contributed by atoms with Crippen molar-refractivity contribution in [3.63, 3.8) is 0 Å². The first-order valence-corrected chi connectivity index (χ1v) is 18.5. The lowest BCUT2D eigenvalue weighted by molar-refractivity contribution is 0.469. The van der Waals surface area contributed by atoms with Crippen LogP contribution < -0.4 is 0 Å². The minimum absolute atomic E-state index is 0.160. The molecule has 0 saturated heterocycles. The fraction of sp³-hybridized carbons (Fsp3) is 0.333. The number of rotatable bonds is 1. The zero-order chi connectivity index (χ0) is 37.9. The molecule has 0 heteroatoms. The molecular formula is C51H64. The van der Waals surface area contributed by atoms with Gasteiger partial charge in [0.05, 0.1) is 0 Å². The van der Waals surface area contributed by atoms with E-state index >= 15 is 0 Å². The fourth-order valence-corrected chi connectivity index (χ4v) is 5.60. The number of benzene rings is 6. The molecule has 268 valence electrons. The first-order chi connectivity index (χ1) is 23.7. The molecule has 0 bridgehead atoms. The number of hydrogen-bond donors (Lipinski definition) is 0. The average molecular weight is 677 g/mol. The van der Waals surface area contributed by atoms with E-state index in [1.807, 2.05) is 6.07 Å². The van der Waals surface area contributed by atoms with Gasteiger partial charge in [0.25, 0.3) is 0 Å². The van der Waals surface area contributed by atoms with Gasteiger partial charge in [0.1, 0.15) is 0 Å². The van der Waals surface area contributed by atoms with Crippen LogP contribution in [0.1, 0.15) is 107 Å². The van der Waals surface area contributed by atoms with Crippen LogP contribution in [0.5, 0.6) is 0 Å². The van der Waals surface area contributed by atoms with Crippen molar-refractivity contribution >= 4 is 10.8 Å². The van der Waals surface area contributed by atoms with E-state index in [9.17, 15) is 0 Å². The maximum absolute atomic E-state index is 2.30. The van der Waals surface area contributed by atoms with Crippen molar-refractivity contribution in [2.24, 2.45) is 10.8 Å². The molecule has 0 aromatic heterocycles. The summed E-state index contributed by atoms with van der Waals surface area (Å²) in [6.45, 7) is 28.8. The van der Waals surface area contributed by atoms with Gasteiger partial charge in [0, 0.05) is 5.41 Å². The monoisotopic (exact) mass is 677 g/mol. The highest BCUT2D eigenvalue weighted by Gasteiger charge is 2.34. The summed E-state index contributed by atoms with van der Waals surface area (Å²) < 4.78 is 0. The SMILES string of the molecule is CC(C)(C)C.CC(C)(C)C.CC(C)(C)c1ccc(-c2ccccc2)cc1.CC1(C)c2ccccc2-c2ccccc21.c1ccc2ccccc2c1. The van der Waals surface area contributed by atoms with Crippen LogP contribution in [0.25, 0.3) is 33.0 Å². The largest absolute Gasteiger partial charge is 0.0622 e. The molecule has 0 radical (unpaired) electrons. The lowest BCUT2D eigenvalue weighted by Gasteiger charge is -2.20. The summed E-state index contributed by atoms with van der Waals surface area (Å²) in [4.78, 5) is 0. The zero-order valence-electron chi connectivity index (χ0n) is 33.9. The van der Waals surface area contributed by atoms with Gasteiger partial charge in [-0.1, -0.05) is 242 Å². The molecule has 0 saturated carbocycles. The smallest absolute Gasteiger partial charge is 0.0158 e. The van der Waals surface area contributed by atoms with E-state index < -0.39 is 0 Å². The normalized spacial score (nSPS) is 12.6. The quantitative estimate of drug-likeness (QED) is 0.163. The molecule has 0 spiro atoms. The number of fused-ring (bicyclic) bond motifs is 4. The molecule has 0 aliphatic heterocycles. The Morgan fingerprint density at radius 2 is 0.627 bits per heavy atom. The van der Waals surface area contributed by atoms with Crippen molar-refractivity contribution in [2.45, 2.75) is 101 Å². The van der Waals surface area contributed by atoms with Gasteiger partial charge in [0.15, 0.2) is 0 Å². The Balaban J connectivity index is 0.000000186. The van der Waals surface area contributed by atoms with E-state index in [4.69, 9.17) is 0 Å². The lowest BCUT2D eigenvalue weighted by atomic mass is 9.82. The summed E-state index contributed by atoms with van der Waals surface area (Å²) in [6.07, 6.45) is 0. The van der Waals surface area contributed by atoms with Gasteiger partial charge < -0.3 is 0 Å².